The molecule has 0 radical (unpaired) electrons. The summed E-state index contributed by atoms with van der Waals surface area (Å²) in [5.41, 5.74) is 1.26. The lowest BCUT2D eigenvalue weighted by molar-refractivity contribution is -0.120. The number of nitrogens with zero attached hydrogens (tertiary/aromatic N) is 1. The smallest absolute Gasteiger partial charge is 0.231 e. The molecule has 0 atom stereocenters. The molecular weight excluding hydrogens is 329 g/mol. The average molecular weight is 343 g/mol. The van der Waals surface area contributed by atoms with Crippen LogP contribution in [0.3, 0.4) is 0 Å². The monoisotopic (exact) mass is 343 g/mol. The first-order valence-corrected chi connectivity index (χ1v) is 9.02. The van der Waals surface area contributed by atoms with Crippen LogP contribution in [-0.4, -0.2) is 25.6 Å². The molecule has 9 heteroatoms. The Labute approximate surface area is 131 Å². The Morgan fingerprint density at radius 3 is 2.64 bits per heavy atom. The number of hydrogen-bond donors (Lipinski definition) is 2. The lowest BCUT2D eigenvalue weighted by Gasteiger charge is -2.04. The van der Waals surface area contributed by atoms with Crippen LogP contribution in [0.4, 0.5) is 9.52 Å². The van der Waals surface area contributed by atoms with Gasteiger partial charge in [0.1, 0.15) is 5.82 Å². The average Bonchev–Trinajstić information content (AvgIpc) is 2.83. The highest BCUT2D eigenvalue weighted by Gasteiger charge is 2.10. The summed E-state index contributed by atoms with van der Waals surface area (Å²) in [5, 5.41) is 4.53. The van der Waals surface area contributed by atoms with Crippen molar-refractivity contribution in [3.05, 3.63) is 46.7 Å². The fourth-order valence-electron chi connectivity index (χ4n) is 1.62. The van der Waals surface area contributed by atoms with Gasteiger partial charge in [-0.3, -0.25) is 9.52 Å². The third-order valence-corrected chi connectivity index (χ3v) is 4.07. The van der Waals surface area contributed by atoms with Crippen molar-refractivity contribution in [2.45, 2.75) is 13.0 Å². The molecule has 0 unspecified atom stereocenters. The molecule has 0 fully saturated rings. The molecule has 2 aromatic rings. The molecule has 2 N–H and O–H groups in total. The van der Waals surface area contributed by atoms with E-state index < -0.39 is 10.0 Å². The second-order valence-electron chi connectivity index (χ2n) is 4.60. The number of nitrogens with one attached hydrogen (secondary N) is 2. The minimum Gasteiger partial charge on any atom is -0.352 e. The van der Waals surface area contributed by atoms with Gasteiger partial charge in [0, 0.05) is 11.9 Å². The fourth-order valence-corrected chi connectivity index (χ4v) is 3.19. The van der Waals surface area contributed by atoms with E-state index in [0.29, 0.717) is 5.69 Å². The van der Waals surface area contributed by atoms with Crippen LogP contribution < -0.4 is 10.0 Å². The number of thiazole rings is 1. The van der Waals surface area contributed by atoms with Gasteiger partial charge in [-0.25, -0.2) is 17.8 Å². The summed E-state index contributed by atoms with van der Waals surface area (Å²) in [7, 11) is -3.38. The maximum absolute atomic E-state index is 12.7. The molecule has 6 nitrogen and oxygen atoms in total. The Morgan fingerprint density at radius 1 is 1.32 bits per heavy atom. The zero-order valence-electron chi connectivity index (χ0n) is 11.7. The van der Waals surface area contributed by atoms with Gasteiger partial charge in [-0.1, -0.05) is 12.1 Å². The minimum absolute atomic E-state index is 0.0448. The fraction of sp³-hybridized carbons (Fsp3) is 0.231. The summed E-state index contributed by atoms with van der Waals surface area (Å²) in [4.78, 5) is 15.8. The predicted molar refractivity (Wildman–Crippen MR) is 82.5 cm³/mol. The Morgan fingerprint density at radius 2 is 2.00 bits per heavy atom. The zero-order valence-corrected chi connectivity index (χ0v) is 13.3. The molecule has 0 aliphatic heterocycles. The summed E-state index contributed by atoms with van der Waals surface area (Å²) in [6, 6.07) is 5.83. The minimum atomic E-state index is -3.38. The van der Waals surface area contributed by atoms with Gasteiger partial charge in [-0.2, -0.15) is 0 Å². The van der Waals surface area contributed by atoms with E-state index in [-0.39, 0.29) is 29.8 Å². The summed E-state index contributed by atoms with van der Waals surface area (Å²) in [6.07, 6.45) is 1.08. The highest BCUT2D eigenvalue weighted by molar-refractivity contribution is 7.92. The highest BCUT2D eigenvalue weighted by atomic mass is 32.2. The van der Waals surface area contributed by atoms with Gasteiger partial charge >= 0.3 is 0 Å². The molecule has 1 heterocycles. The maximum atomic E-state index is 12.7. The van der Waals surface area contributed by atoms with E-state index in [0.717, 1.165) is 23.2 Å². The van der Waals surface area contributed by atoms with Crippen LogP contribution in [0.15, 0.2) is 29.6 Å². The number of aromatic nitrogens is 1. The molecule has 0 spiro atoms. The molecule has 22 heavy (non-hydrogen) atoms. The number of anilines is 1. The van der Waals surface area contributed by atoms with Crippen LogP contribution in [-0.2, 0) is 27.8 Å². The van der Waals surface area contributed by atoms with E-state index >= 15 is 0 Å². The zero-order chi connectivity index (χ0) is 16.2. The van der Waals surface area contributed by atoms with E-state index in [1.165, 1.54) is 12.1 Å². The van der Waals surface area contributed by atoms with Crippen LogP contribution in [0.1, 0.15) is 11.3 Å². The molecule has 1 aromatic heterocycles. The molecule has 0 aliphatic rings. The van der Waals surface area contributed by atoms with Crippen molar-refractivity contribution in [1.82, 2.24) is 10.3 Å². The van der Waals surface area contributed by atoms with Crippen molar-refractivity contribution in [2.24, 2.45) is 0 Å². The van der Waals surface area contributed by atoms with Crippen molar-refractivity contribution < 1.29 is 17.6 Å². The summed E-state index contributed by atoms with van der Waals surface area (Å²) >= 11 is 1.11. The number of halogens is 1. The van der Waals surface area contributed by atoms with Gasteiger partial charge in [-0.15, -0.1) is 11.3 Å². The van der Waals surface area contributed by atoms with Crippen molar-refractivity contribution in [3.8, 4) is 0 Å². The topological polar surface area (TPSA) is 88.2 Å². The molecule has 1 aromatic carbocycles. The number of carbonyl (C=O) groups excluding carboxylic acids is 1. The molecule has 0 aliphatic carbocycles. The molecule has 118 valence electrons. The number of rotatable bonds is 6. The largest absolute Gasteiger partial charge is 0.352 e. The van der Waals surface area contributed by atoms with Gasteiger partial charge in [0.2, 0.25) is 15.9 Å². The second-order valence-corrected chi connectivity index (χ2v) is 7.20. The number of amides is 1. The summed E-state index contributed by atoms with van der Waals surface area (Å²) in [5.74, 6) is -0.580. The number of carbonyl (C=O) groups is 1. The lowest BCUT2D eigenvalue weighted by atomic mass is 10.2. The lowest BCUT2D eigenvalue weighted by Crippen LogP contribution is -2.24. The quantitative estimate of drug-likeness (QED) is 0.832. The van der Waals surface area contributed by atoms with Gasteiger partial charge < -0.3 is 5.32 Å². The maximum Gasteiger partial charge on any atom is 0.231 e. The van der Waals surface area contributed by atoms with Gasteiger partial charge in [0.05, 0.1) is 18.4 Å². The first kappa shape index (κ1) is 16.4. The molecule has 0 bridgehead atoms. The van der Waals surface area contributed by atoms with Crippen LogP contribution >= 0.6 is 11.3 Å². The van der Waals surface area contributed by atoms with E-state index in [4.69, 9.17) is 0 Å². The number of hydrogen-bond acceptors (Lipinski definition) is 5. The third kappa shape index (κ3) is 5.41. The van der Waals surface area contributed by atoms with E-state index in [2.05, 4.69) is 15.0 Å². The first-order chi connectivity index (χ1) is 10.3. The Balaban J connectivity index is 1.85. The first-order valence-electron chi connectivity index (χ1n) is 6.25. The highest BCUT2D eigenvalue weighted by Crippen LogP contribution is 2.16. The number of benzene rings is 1. The summed E-state index contributed by atoms with van der Waals surface area (Å²) < 4.78 is 37.1. The van der Waals surface area contributed by atoms with Crippen LogP contribution in [0.2, 0.25) is 0 Å². The van der Waals surface area contributed by atoms with Crippen molar-refractivity contribution in [1.29, 1.82) is 0 Å². The number of sulfonamides is 1. The van der Waals surface area contributed by atoms with E-state index in [1.54, 1.807) is 17.5 Å². The normalized spacial score (nSPS) is 11.2. The molecule has 1 amide bonds. The molecule has 0 saturated heterocycles. The predicted octanol–water partition coefficient (Wildman–Crippen LogP) is 1.51. The second kappa shape index (κ2) is 6.84. The van der Waals surface area contributed by atoms with Crippen molar-refractivity contribution in [3.63, 3.8) is 0 Å². The Kier molecular flexibility index (Phi) is 5.09. The molecule has 2 rings (SSSR count). The van der Waals surface area contributed by atoms with Gasteiger partial charge in [0.15, 0.2) is 5.13 Å². The van der Waals surface area contributed by atoms with E-state index in [1.807, 2.05) is 0 Å². The van der Waals surface area contributed by atoms with E-state index in [9.17, 15) is 17.6 Å². The van der Waals surface area contributed by atoms with Crippen molar-refractivity contribution >= 4 is 32.4 Å². The molecule has 0 saturated carbocycles. The SMILES string of the molecule is CS(=O)(=O)Nc1nc(CC(=O)NCc2ccc(F)cc2)cs1. The summed E-state index contributed by atoms with van der Waals surface area (Å²) in [6.45, 7) is 0.289. The third-order valence-electron chi connectivity index (χ3n) is 2.57. The van der Waals surface area contributed by atoms with Crippen LogP contribution in [0.25, 0.3) is 0 Å². The van der Waals surface area contributed by atoms with Crippen LogP contribution in [0, 0.1) is 5.82 Å². The standard InChI is InChI=1S/C13H14FN3O3S2/c1-22(19,20)17-13-16-11(8-21-13)6-12(18)15-7-9-2-4-10(14)5-3-9/h2-5,8H,6-7H2,1H3,(H,15,18)(H,16,17). The van der Waals surface area contributed by atoms with Crippen molar-refractivity contribution in [2.75, 3.05) is 11.0 Å². The van der Waals surface area contributed by atoms with Crippen LogP contribution in [0.5, 0.6) is 0 Å². The van der Waals surface area contributed by atoms with Gasteiger partial charge in [-0.05, 0) is 17.7 Å². The molecular formula is C13H14FN3O3S2. The Hall–Kier alpha value is -2.00. The van der Waals surface area contributed by atoms with Gasteiger partial charge in [0.25, 0.3) is 0 Å². The Bertz CT molecular complexity index is 757.